The fourth-order valence-corrected chi connectivity index (χ4v) is 11.5. The van der Waals surface area contributed by atoms with Gasteiger partial charge in [-0.25, -0.2) is 0 Å². The molecule has 0 radical (unpaired) electrons. The molecule has 11 aromatic rings. The average Bonchev–Trinajstić information content (AvgIpc) is 3.89. The largest absolute Gasteiger partial charge is 0.310 e. The van der Waals surface area contributed by atoms with Gasteiger partial charge in [-0.1, -0.05) is 161 Å². The van der Waals surface area contributed by atoms with Gasteiger partial charge in [-0.2, -0.15) is 0 Å². The van der Waals surface area contributed by atoms with Gasteiger partial charge in [0.2, 0.25) is 0 Å². The second kappa shape index (κ2) is 14.3. The molecular formula is C64H48N2. The zero-order valence-electron chi connectivity index (χ0n) is 37.7. The van der Waals surface area contributed by atoms with Gasteiger partial charge in [0.25, 0.3) is 0 Å². The van der Waals surface area contributed by atoms with Crippen LogP contribution in [0.4, 0.5) is 17.1 Å². The fraction of sp³-hybridized carbons (Fsp3) is 0.0938. The van der Waals surface area contributed by atoms with E-state index in [1.165, 1.54) is 105 Å². The first-order valence-corrected chi connectivity index (χ1v) is 23.2. The zero-order chi connectivity index (χ0) is 44.3. The van der Waals surface area contributed by atoms with Crippen molar-refractivity contribution < 1.29 is 0 Å². The standard InChI is InChI=1S/C64H48N2/c1-63(2)57-21-13-11-19-51(57)53-36-45-27-33-50(35-46(45)38-59(53)63)65(48-29-23-42(24-30-48)41-15-7-5-8-16-41)49-31-25-43(26-32-49)44-28-34-61-55(37-44)56-39-54-52-20-12-14-22-58(52)64(3,4)60(54)40-62(56)66(61)47-17-9-6-10-18-47/h5-40H,1-4H3. The molecule has 1 aromatic heterocycles. The van der Waals surface area contributed by atoms with Crippen LogP contribution in [0.5, 0.6) is 0 Å². The van der Waals surface area contributed by atoms with Crippen LogP contribution in [0, 0.1) is 0 Å². The predicted molar refractivity (Wildman–Crippen MR) is 279 cm³/mol. The van der Waals surface area contributed by atoms with Crippen LogP contribution in [-0.4, -0.2) is 4.57 Å². The van der Waals surface area contributed by atoms with Crippen LogP contribution >= 0.6 is 0 Å². The van der Waals surface area contributed by atoms with E-state index in [0.717, 1.165) is 17.1 Å². The number of fused-ring (bicyclic) bond motifs is 10. The monoisotopic (exact) mass is 844 g/mol. The highest BCUT2D eigenvalue weighted by molar-refractivity contribution is 6.13. The van der Waals surface area contributed by atoms with Crippen LogP contribution in [0.25, 0.3) is 82.8 Å². The highest BCUT2D eigenvalue weighted by Gasteiger charge is 2.37. The molecule has 1 heterocycles. The first-order valence-electron chi connectivity index (χ1n) is 23.2. The van der Waals surface area contributed by atoms with Crippen LogP contribution in [0.2, 0.25) is 0 Å². The molecule has 0 saturated carbocycles. The minimum absolute atomic E-state index is 0.0687. The summed E-state index contributed by atoms with van der Waals surface area (Å²) in [6.07, 6.45) is 0. The Bertz CT molecular complexity index is 3720. The smallest absolute Gasteiger partial charge is 0.0544 e. The molecule has 2 heteroatoms. The van der Waals surface area contributed by atoms with E-state index in [1.54, 1.807) is 0 Å². The second-order valence-corrected chi connectivity index (χ2v) is 19.4. The third-order valence-corrected chi connectivity index (χ3v) is 15.0. The maximum absolute atomic E-state index is 2.47. The Labute approximate surface area is 386 Å². The lowest BCUT2D eigenvalue weighted by Gasteiger charge is -2.27. The molecular weight excluding hydrogens is 797 g/mol. The molecule has 0 bridgehead atoms. The van der Waals surface area contributed by atoms with Gasteiger partial charge in [0.05, 0.1) is 11.0 Å². The third-order valence-electron chi connectivity index (χ3n) is 15.0. The number of hydrogen-bond acceptors (Lipinski definition) is 1. The summed E-state index contributed by atoms with van der Waals surface area (Å²) in [6.45, 7) is 9.46. The number of nitrogens with zero attached hydrogens (tertiary/aromatic N) is 2. The number of para-hydroxylation sites is 1. The van der Waals surface area contributed by atoms with Crippen LogP contribution in [0.1, 0.15) is 49.9 Å². The van der Waals surface area contributed by atoms with Gasteiger partial charge in [-0.05, 0) is 162 Å². The molecule has 0 atom stereocenters. The molecule has 0 amide bonds. The van der Waals surface area contributed by atoms with Crippen molar-refractivity contribution in [1.82, 2.24) is 4.57 Å². The molecule has 314 valence electrons. The maximum Gasteiger partial charge on any atom is 0.0544 e. The Morgan fingerprint density at radius 2 is 0.818 bits per heavy atom. The molecule has 0 aliphatic heterocycles. The highest BCUT2D eigenvalue weighted by Crippen LogP contribution is 2.52. The van der Waals surface area contributed by atoms with Crippen molar-refractivity contribution in [3.8, 4) is 50.2 Å². The van der Waals surface area contributed by atoms with E-state index in [0.29, 0.717) is 0 Å². The Kier molecular flexibility index (Phi) is 8.33. The lowest BCUT2D eigenvalue weighted by molar-refractivity contribution is 0.661. The molecule has 2 aliphatic carbocycles. The first kappa shape index (κ1) is 38.5. The van der Waals surface area contributed by atoms with E-state index in [4.69, 9.17) is 0 Å². The van der Waals surface area contributed by atoms with E-state index in [1.807, 2.05) is 0 Å². The molecule has 0 fully saturated rings. The summed E-state index contributed by atoms with van der Waals surface area (Å²) < 4.78 is 2.45. The summed E-state index contributed by atoms with van der Waals surface area (Å²) in [6, 6.07) is 81.2. The van der Waals surface area contributed by atoms with E-state index in [-0.39, 0.29) is 10.8 Å². The second-order valence-electron chi connectivity index (χ2n) is 19.4. The van der Waals surface area contributed by atoms with Crippen LogP contribution in [-0.2, 0) is 10.8 Å². The molecule has 0 spiro atoms. The maximum atomic E-state index is 2.47. The predicted octanol–water partition coefficient (Wildman–Crippen LogP) is 17.4. The average molecular weight is 845 g/mol. The van der Waals surface area contributed by atoms with Gasteiger partial charge in [0, 0.05) is 44.4 Å². The Morgan fingerprint density at radius 3 is 1.47 bits per heavy atom. The van der Waals surface area contributed by atoms with Crippen molar-refractivity contribution in [1.29, 1.82) is 0 Å². The van der Waals surface area contributed by atoms with Gasteiger partial charge in [0.1, 0.15) is 0 Å². The number of aromatic nitrogens is 1. The van der Waals surface area contributed by atoms with Gasteiger partial charge < -0.3 is 9.47 Å². The van der Waals surface area contributed by atoms with Crippen molar-refractivity contribution in [3.63, 3.8) is 0 Å². The van der Waals surface area contributed by atoms with Crippen LogP contribution in [0.15, 0.2) is 218 Å². The summed E-state index contributed by atoms with van der Waals surface area (Å²) in [5, 5.41) is 5.03. The van der Waals surface area contributed by atoms with Gasteiger partial charge in [-0.3, -0.25) is 0 Å². The van der Waals surface area contributed by atoms with Gasteiger partial charge in [-0.15, -0.1) is 0 Å². The normalized spacial score (nSPS) is 14.0. The number of rotatable bonds is 6. The summed E-state index contributed by atoms with van der Waals surface area (Å²) >= 11 is 0. The minimum atomic E-state index is -0.0841. The van der Waals surface area contributed by atoms with Crippen molar-refractivity contribution in [2.75, 3.05) is 4.90 Å². The highest BCUT2D eigenvalue weighted by atomic mass is 15.1. The molecule has 13 rings (SSSR count). The van der Waals surface area contributed by atoms with E-state index < -0.39 is 0 Å². The van der Waals surface area contributed by atoms with E-state index >= 15 is 0 Å². The van der Waals surface area contributed by atoms with Crippen molar-refractivity contribution in [3.05, 3.63) is 241 Å². The number of anilines is 3. The molecule has 2 nitrogen and oxygen atoms in total. The Hall–Kier alpha value is -7.94. The quantitative estimate of drug-likeness (QED) is 0.162. The summed E-state index contributed by atoms with van der Waals surface area (Å²) in [7, 11) is 0. The minimum Gasteiger partial charge on any atom is -0.310 e. The SMILES string of the molecule is CC1(C)c2ccccc2-c2cc3ccc(N(c4ccc(-c5ccccc5)cc4)c4ccc(-c5ccc6c(c5)c5cc7c(cc5n6-c5ccccc5)C(C)(C)c5ccccc5-7)cc4)cc3cc21. The summed E-state index contributed by atoms with van der Waals surface area (Å²) in [4.78, 5) is 2.40. The van der Waals surface area contributed by atoms with Gasteiger partial charge >= 0.3 is 0 Å². The Morgan fingerprint density at radius 1 is 0.318 bits per heavy atom. The Balaban J connectivity index is 0.933. The molecule has 66 heavy (non-hydrogen) atoms. The van der Waals surface area contributed by atoms with Crippen LogP contribution in [0.3, 0.4) is 0 Å². The first-order chi connectivity index (χ1) is 32.2. The molecule has 0 N–H and O–H groups in total. The lowest BCUT2D eigenvalue weighted by Crippen LogP contribution is -2.14. The number of hydrogen-bond donors (Lipinski definition) is 0. The third kappa shape index (κ3) is 5.74. The van der Waals surface area contributed by atoms with Gasteiger partial charge in [0.15, 0.2) is 0 Å². The molecule has 0 saturated heterocycles. The zero-order valence-corrected chi connectivity index (χ0v) is 37.7. The van der Waals surface area contributed by atoms with Crippen LogP contribution < -0.4 is 4.90 Å². The molecule has 2 aliphatic rings. The summed E-state index contributed by atoms with van der Waals surface area (Å²) in [5.41, 5.74) is 22.6. The summed E-state index contributed by atoms with van der Waals surface area (Å²) in [5.74, 6) is 0. The van der Waals surface area contributed by atoms with Crippen molar-refractivity contribution in [2.45, 2.75) is 38.5 Å². The van der Waals surface area contributed by atoms with E-state index in [2.05, 4.69) is 256 Å². The van der Waals surface area contributed by atoms with Crippen molar-refractivity contribution >= 4 is 49.6 Å². The topological polar surface area (TPSA) is 8.17 Å². The lowest BCUT2D eigenvalue weighted by atomic mass is 9.82. The van der Waals surface area contributed by atoms with E-state index in [9.17, 15) is 0 Å². The van der Waals surface area contributed by atoms with Crippen molar-refractivity contribution in [2.24, 2.45) is 0 Å². The molecule has 0 unspecified atom stereocenters. The fourth-order valence-electron chi connectivity index (χ4n) is 11.5. The number of benzene rings is 10. The molecule has 10 aromatic carbocycles.